The number of nitrogens with one attached hydrogen (secondary N) is 1. The number of aliphatic hydroxyl groups excluding tert-OH is 1. The van der Waals surface area contributed by atoms with Crippen LogP contribution < -0.4 is 5.32 Å². The average molecular weight is 258 g/mol. The fraction of sp³-hybridized carbons (Fsp3) is 0.923. The van der Waals surface area contributed by atoms with Crippen molar-refractivity contribution in [1.29, 1.82) is 0 Å². The third-order valence-electron chi connectivity index (χ3n) is 3.21. The van der Waals surface area contributed by atoms with Crippen molar-refractivity contribution in [3.63, 3.8) is 0 Å². The zero-order valence-electron chi connectivity index (χ0n) is 11.6. The van der Waals surface area contributed by atoms with Gasteiger partial charge in [-0.05, 0) is 11.8 Å². The minimum absolute atomic E-state index is 0.0817. The molecule has 3 N–H and O–H groups in total. The third-order valence-corrected chi connectivity index (χ3v) is 3.21. The van der Waals surface area contributed by atoms with Crippen LogP contribution in [-0.4, -0.2) is 59.9 Å². The van der Waals surface area contributed by atoms with Gasteiger partial charge in [0.2, 0.25) is 0 Å². The summed E-state index contributed by atoms with van der Waals surface area (Å²) in [6.07, 6.45) is 0.674. The molecule has 18 heavy (non-hydrogen) atoms. The molecule has 1 aliphatic heterocycles. The molecule has 0 saturated carbocycles. The van der Waals surface area contributed by atoms with Gasteiger partial charge in [-0.25, -0.2) is 0 Å². The highest BCUT2D eigenvalue weighted by atomic mass is 16.4. The Balaban J connectivity index is 2.53. The fourth-order valence-electron chi connectivity index (χ4n) is 2.29. The quantitative estimate of drug-likeness (QED) is 0.665. The summed E-state index contributed by atoms with van der Waals surface area (Å²) in [7, 11) is 0. The van der Waals surface area contributed by atoms with Gasteiger partial charge >= 0.3 is 5.97 Å². The van der Waals surface area contributed by atoms with Gasteiger partial charge in [0.25, 0.3) is 0 Å². The van der Waals surface area contributed by atoms with E-state index in [0.29, 0.717) is 19.5 Å². The van der Waals surface area contributed by atoms with Crippen LogP contribution in [0, 0.1) is 11.3 Å². The number of aliphatic hydroxyl groups is 1. The van der Waals surface area contributed by atoms with Gasteiger partial charge in [-0.1, -0.05) is 20.8 Å². The summed E-state index contributed by atoms with van der Waals surface area (Å²) in [4.78, 5) is 13.2. The van der Waals surface area contributed by atoms with Crippen molar-refractivity contribution in [3.05, 3.63) is 0 Å². The number of carbonyl (C=O) groups is 1. The van der Waals surface area contributed by atoms with Crippen LogP contribution in [0.25, 0.3) is 0 Å². The highest BCUT2D eigenvalue weighted by molar-refractivity contribution is 5.70. The van der Waals surface area contributed by atoms with E-state index in [-0.39, 0.29) is 24.0 Å². The van der Waals surface area contributed by atoms with Gasteiger partial charge in [0.1, 0.15) is 0 Å². The Morgan fingerprint density at radius 2 is 2.06 bits per heavy atom. The normalized spacial score (nSPS) is 26.2. The number of rotatable bonds is 5. The second kappa shape index (κ2) is 6.50. The molecule has 1 fully saturated rings. The molecule has 5 heteroatoms. The molecule has 0 aromatic rings. The zero-order valence-corrected chi connectivity index (χ0v) is 11.6. The van der Waals surface area contributed by atoms with Crippen molar-refractivity contribution in [2.24, 2.45) is 11.3 Å². The first-order chi connectivity index (χ1) is 8.31. The molecule has 0 aromatic carbocycles. The summed E-state index contributed by atoms with van der Waals surface area (Å²) >= 11 is 0. The number of nitrogens with zero attached hydrogens (tertiary/aromatic N) is 1. The topological polar surface area (TPSA) is 72.8 Å². The van der Waals surface area contributed by atoms with Crippen LogP contribution in [0.4, 0.5) is 0 Å². The van der Waals surface area contributed by atoms with E-state index >= 15 is 0 Å². The molecule has 106 valence electrons. The first-order valence-corrected chi connectivity index (χ1v) is 6.61. The molecule has 0 bridgehead atoms. The first-order valence-electron chi connectivity index (χ1n) is 6.61. The molecule has 2 atom stereocenters. The smallest absolute Gasteiger partial charge is 0.307 e. The maximum Gasteiger partial charge on any atom is 0.307 e. The van der Waals surface area contributed by atoms with Crippen LogP contribution in [0.1, 0.15) is 27.2 Å². The van der Waals surface area contributed by atoms with Gasteiger partial charge in [0.15, 0.2) is 0 Å². The number of piperidine rings is 1. The summed E-state index contributed by atoms with van der Waals surface area (Å²) in [6, 6.07) is 0.200. The van der Waals surface area contributed by atoms with Crippen molar-refractivity contribution in [3.8, 4) is 0 Å². The zero-order chi connectivity index (χ0) is 13.8. The molecule has 5 nitrogen and oxygen atoms in total. The van der Waals surface area contributed by atoms with Gasteiger partial charge in [-0.3, -0.25) is 9.69 Å². The van der Waals surface area contributed by atoms with Gasteiger partial charge < -0.3 is 15.5 Å². The van der Waals surface area contributed by atoms with Crippen molar-refractivity contribution in [2.75, 3.05) is 32.8 Å². The second-order valence-electron chi connectivity index (χ2n) is 6.39. The summed E-state index contributed by atoms with van der Waals surface area (Å²) < 4.78 is 0. The standard InChI is InChI=1S/C13H26N2O3/c1-13(2,3)9-14-11-6-10(12(17)18)7-15(8-11)4-5-16/h10-11,14,16H,4-9H2,1-3H3,(H,17,18). The lowest BCUT2D eigenvalue weighted by atomic mass is 9.92. The van der Waals surface area contributed by atoms with Crippen LogP contribution >= 0.6 is 0 Å². The summed E-state index contributed by atoms with van der Waals surface area (Å²) in [6.45, 7) is 9.34. The summed E-state index contributed by atoms with van der Waals surface area (Å²) in [5.74, 6) is -1.07. The molecule has 0 spiro atoms. The van der Waals surface area contributed by atoms with Crippen LogP contribution in [0.2, 0.25) is 0 Å². The third kappa shape index (κ3) is 5.33. The number of hydrogen-bond donors (Lipinski definition) is 3. The maximum absolute atomic E-state index is 11.1. The van der Waals surface area contributed by atoms with E-state index in [9.17, 15) is 4.79 Å². The highest BCUT2D eigenvalue weighted by Crippen LogP contribution is 2.19. The molecule has 0 amide bonds. The molecule has 0 radical (unpaired) electrons. The SMILES string of the molecule is CC(C)(C)CNC1CC(C(=O)O)CN(CCO)C1. The molecular weight excluding hydrogens is 232 g/mol. The van der Waals surface area contributed by atoms with Crippen LogP contribution in [0.3, 0.4) is 0 Å². The number of likely N-dealkylation sites (tertiary alicyclic amines) is 1. The minimum atomic E-state index is -0.736. The van der Waals surface area contributed by atoms with Gasteiger partial charge in [0, 0.05) is 32.2 Å². The Labute approximate surface area is 109 Å². The molecule has 1 rings (SSSR count). The molecule has 2 unspecified atom stereocenters. The highest BCUT2D eigenvalue weighted by Gasteiger charge is 2.31. The van der Waals surface area contributed by atoms with E-state index < -0.39 is 5.97 Å². The van der Waals surface area contributed by atoms with E-state index in [4.69, 9.17) is 10.2 Å². The predicted molar refractivity (Wildman–Crippen MR) is 70.5 cm³/mol. The fourth-order valence-corrected chi connectivity index (χ4v) is 2.29. The van der Waals surface area contributed by atoms with Crippen molar-refractivity contribution in [1.82, 2.24) is 10.2 Å². The monoisotopic (exact) mass is 258 g/mol. The van der Waals surface area contributed by atoms with Gasteiger partial charge in [0.05, 0.1) is 12.5 Å². The number of carboxylic acid groups (broad SMARTS) is 1. The minimum Gasteiger partial charge on any atom is -0.481 e. The van der Waals surface area contributed by atoms with E-state index in [2.05, 4.69) is 26.1 Å². The van der Waals surface area contributed by atoms with E-state index in [0.717, 1.165) is 13.1 Å². The number of aliphatic carboxylic acids is 1. The lowest BCUT2D eigenvalue weighted by molar-refractivity contribution is -0.144. The Morgan fingerprint density at radius 1 is 1.39 bits per heavy atom. The van der Waals surface area contributed by atoms with E-state index in [1.54, 1.807) is 0 Å². The van der Waals surface area contributed by atoms with Crippen LogP contribution in [0.15, 0.2) is 0 Å². The average Bonchev–Trinajstić information content (AvgIpc) is 2.25. The number of carboxylic acids is 1. The largest absolute Gasteiger partial charge is 0.481 e. The van der Waals surface area contributed by atoms with Crippen LogP contribution in [0.5, 0.6) is 0 Å². The molecule has 1 aliphatic rings. The Morgan fingerprint density at radius 3 is 2.56 bits per heavy atom. The summed E-state index contributed by atoms with van der Waals surface area (Å²) in [5.41, 5.74) is 0.192. The Kier molecular flexibility index (Phi) is 5.56. The van der Waals surface area contributed by atoms with Crippen LogP contribution in [-0.2, 0) is 4.79 Å². The van der Waals surface area contributed by atoms with E-state index in [1.165, 1.54) is 0 Å². The van der Waals surface area contributed by atoms with Gasteiger partial charge in [-0.15, -0.1) is 0 Å². The molecule has 1 heterocycles. The first kappa shape index (κ1) is 15.4. The number of β-amino-alcohol motifs (C(OH)–C–C–N with tert-alkyl or cyclic N) is 1. The van der Waals surface area contributed by atoms with E-state index in [1.807, 2.05) is 4.90 Å². The van der Waals surface area contributed by atoms with Crippen molar-refractivity contribution < 1.29 is 15.0 Å². The lowest BCUT2D eigenvalue weighted by Crippen LogP contribution is -2.52. The molecule has 0 aliphatic carbocycles. The Hall–Kier alpha value is -0.650. The van der Waals surface area contributed by atoms with Crippen molar-refractivity contribution >= 4 is 5.97 Å². The maximum atomic E-state index is 11.1. The van der Waals surface area contributed by atoms with Crippen molar-refractivity contribution in [2.45, 2.75) is 33.2 Å². The predicted octanol–water partition coefficient (Wildman–Crippen LogP) is 0.390. The molecule has 1 saturated heterocycles. The molecule has 0 aromatic heterocycles. The summed E-state index contributed by atoms with van der Waals surface area (Å²) in [5, 5.41) is 21.6. The second-order valence-corrected chi connectivity index (χ2v) is 6.39. The molecular formula is C13H26N2O3. The van der Waals surface area contributed by atoms with Gasteiger partial charge in [-0.2, -0.15) is 0 Å². The Bertz CT molecular complexity index is 276. The lowest BCUT2D eigenvalue weighted by Gasteiger charge is -2.37. The number of hydrogen-bond acceptors (Lipinski definition) is 4.